The predicted octanol–water partition coefficient (Wildman–Crippen LogP) is 4.40. The van der Waals surface area contributed by atoms with Crippen LogP contribution in [-0.2, 0) is 21.4 Å². The molecule has 1 fully saturated rings. The molecule has 2 aromatic rings. The summed E-state index contributed by atoms with van der Waals surface area (Å²) in [5, 5.41) is 1.31. The molecule has 0 spiro atoms. The number of nitrogens with zero attached hydrogens (tertiary/aromatic N) is 1. The van der Waals surface area contributed by atoms with Gasteiger partial charge in [0.05, 0.1) is 13.2 Å². The van der Waals surface area contributed by atoms with Crippen LogP contribution in [-0.4, -0.2) is 23.1 Å². The number of aryl methyl sites for hydroxylation is 1. The van der Waals surface area contributed by atoms with Crippen LogP contribution in [0.2, 0.25) is 0 Å². The van der Waals surface area contributed by atoms with Gasteiger partial charge in [-0.3, -0.25) is 0 Å². The van der Waals surface area contributed by atoms with E-state index < -0.39 is 5.79 Å². The molecule has 1 aromatic heterocycles. The van der Waals surface area contributed by atoms with Crippen molar-refractivity contribution in [2.45, 2.75) is 65.4 Å². The third kappa shape index (κ3) is 2.92. The highest BCUT2D eigenvalue weighted by Gasteiger charge is 2.34. The summed E-state index contributed by atoms with van der Waals surface area (Å²) in [5.74, 6) is -0.466. The molecule has 0 bridgehead atoms. The maximum Gasteiger partial charge on any atom is 0.163 e. The summed E-state index contributed by atoms with van der Waals surface area (Å²) < 4.78 is 14.1. The zero-order valence-corrected chi connectivity index (χ0v) is 14.6. The lowest BCUT2D eigenvalue weighted by molar-refractivity contribution is -0.139. The molecule has 0 amide bonds. The molecule has 1 unspecified atom stereocenters. The Bertz CT molecular complexity index is 691. The predicted molar refractivity (Wildman–Crippen MR) is 90.3 cm³/mol. The van der Waals surface area contributed by atoms with Crippen molar-refractivity contribution in [3.8, 4) is 0 Å². The number of benzene rings is 1. The van der Waals surface area contributed by atoms with Gasteiger partial charge in [0.15, 0.2) is 5.79 Å². The van der Waals surface area contributed by atoms with Crippen molar-refractivity contribution in [2.75, 3.05) is 6.61 Å². The van der Waals surface area contributed by atoms with Crippen molar-refractivity contribution in [1.29, 1.82) is 0 Å². The van der Waals surface area contributed by atoms with E-state index in [2.05, 4.69) is 56.5 Å². The molecular formula is C19H27NO2. The van der Waals surface area contributed by atoms with Crippen LogP contribution >= 0.6 is 0 Å². The maximum absolute atomic E-state index is 6.02. The Hall–Kier alpha value is -1.32. The lowest BCUT2D eigenvalue weighted by Gasteiger charge is -2.24. The van der Waals surface area contributed by atoms with E-state index in [9.17, 15) is 0 Å². The Kier molecular flexibility index (Phi) is 3.61. The van der Waals surface area contributed by atoms with Crippen LogP contribution in [0.5, 0.6) is 0 Å². The van der Waals surface area contributed by atoms with Gasteiger partial charge in [-0.15, -0.1) is 0 Å². The highest BCUT2D eigenvalue weighted by molar-refractivity contribution is 5.82. The fourth-order valence-electron chi connectivity index (χ4n) is 3.27. The molecule has 1 atom stereocenters. The van der Waals surface area contributed by atoms with Crippen molar-refractivity contribution in [1.82, 2.24) is 4.57 Å². The third-order valence-corrected chi connectivity index (χ3v) is 4.28. The fraction of sp³-hybridized carbons (Fsp3) is 0.579. The average molecular weight is 301 g/mol. The van der Waals surface area contributed by atoms with Gasteiger partial charge < -0.3 is 14.0 Å². The quantitative estimate of drug-likeness (QED) is 0.821. The van der Waals surface area contributed by atoms with E-state index in [1.165, 1.54) is 22.2 Å². The maximum atomic E-state index is 6.02. The molecule has 22 heavy (non-hydrogen) atoms. The molecule has 3 rings (SSSR count). The molecule has 120 valence electrons. The van der Waals surface area contributed by atoms with Crippen LogP contribution in [0.4, 0.5) is 0 Å². The Labute approximate surface area is 133 Å². The molecule has 0 aliphatic carbocycles. The van der Waals surface area contributed by atoms with E-state index in [1.54, 1.807) is 0 Å². The van der Waals surface area contributed by atoms with Gasteiger partial charge in [0.2, 0.25) is 0 Å². The monoisotopic (exact) mass is 301 g/mol. The van der Waals surface area contributed by atoms with Crippen LogP contribution in [0.3, 0.4) is 0 Å². The first-order valence-electron chi connectivity index (χ1n) is 8.08. The van der Waals surface area contributed by atoms with E-state index >= 15 is 0 Å². The van der Waals surface area contributed by atoms with E-state index in [0.717, 1.165) is 6.54 Å². The number of ether oxygens (including phenoxy) is 2. The molecule has 0 saturated carbocycles. The van der Waals surface area contributed by atoms with Crippen LogP contribution in [0, 0.1) is 6.92 Å². The standard InChI is InChI=1S/C19H27NO2/c1-13-7-8-16-14(9-13)10-17(18(2,3)4)20(16)11-15-12-21-19(5,6)22-15/h7-10,15H,11-12H2,1-6H3. The van der Waals surface area contributed by atoms with Gasteiger partial charge in [-0.1, -0.05) is 32.4 Å². The topological polar surface area (TPSA) is 23.4 Å². The van der Waals surface area contributed by atoms with Gasteiger partial charge in [0.1, 0.15) is 6.10 Å². The number of hydrogen-bond acceptors (Lipinski definition) is 2. The van der Waals surface area contributed by atoms with E-state index in [-0.39, 0.29) is 11.5 Å². The highest BCUT2D eigenvalue weighted by Crippen LogP contribution is 2.32. The minimum atomic E-state index is -0.466. The van der Waals surface area contributed by atoms with Gasteiger partial charge in [0, 0.05) is 22.0 Å². The largest absolute Gasteiger partial charge is 0.348 e. The first-order valence-corrected chi connectivity index (χ1v) is 8.08. The minimum Gasteiger partial charge on any atom is -0.348 e. The molecule has 1 saturated heterocycles. The zero-order chi connectivity index (χ0) is 16.1. The van der Waals surface area contributed by atoms with Crippen molar-refractivity contribution in [2.24, 2.45) is 0 Å². The summed E-state index contributed by atoms with van der Waals surface area (Å²) in [7, 11) is 0. The van der Waals surface area contributed by atoms with Crippen LogP contribution < -0.4 is 0 Å². The highest BCUT2D eigenvalue weighted by atomic mass is 16.7. The number of hydrogen-bond donors (Lipinski definition) is 0. The molecule has 0 N–H and O–H groups in total. The molecule has 3 heteroatoms. The van der Waals surface area contributed by atoms with Crippen LogP contribution in [0.15, 0.2) is 24.3 Å². The van der Waals surface area contributed by atoms with Gasteiger partial charge >= 0.3 is 0 Å². The normalized spacial score (nSPS) is 21.6. The zero-order valence-electron chi connectivity index (χ0n) is 14.6. The SMILES string of the molecule is Cc1ccc2c(c1)cc(C(C)(C)C)n2CC1COC(C)(C)O1. The van der Waals surface area contributed by atoms with Crippen molar-refractivity contribution in [3.05, 3.63) is 35.5 Å². The van der Waals surface area contributed by atoms with E-state index in [1.807, 2.05) is 13.8 Å². The van der Waals surface area contributed by atoms with Crippen LogP contribution in [0.25, 0.3) is 10.9 Å². The summed E-state index contributed by atoms with van der Waals surface area (Å²) >= 11 is 0. The van der Waals surface area contributed by atoms with E-state index in [0.29, 0.717) is 6.61 Å². The van der Waals surface area contributed by atoms with Gasteiger partial charge in [-0.2, -0.15) is 0 Å². The number of rotatable bonds is 2. The second-order valence-corrected chi connectivity index (χ2v) is 7.90. The van der Waals surface area contributed by atoms with Crippen molar-refractivity contribution in [3.63, 3.8) is 0 Å². The molecule has 1 aliphatic rings. The van der Waals surface area contributed by atoms with Gasteiger partial charge in [-0.25, -0.2) is 0 Å². The Balaban J connectivity index is 2.03. The smallest absolute Gasteiger partial charge is 0.163 e. The van der Waals surface area contributed by atoms with Gasteiger partial charge in [0.25, 0.3) is 0 Å². The lowest BCUT2D eigenvalue weighted by atomic mass is 9.92. The summed E-state index contributed by atoms with van der Waals surface area (Å²) in [6, 6.07) is 8.99. The molecule has 2 heterocycles. The Morgan fingerprint density at radius 2 is 1.95 bits per heavy atom. The fourth-order valence-corrected chi connectivity index (χ4v) is 3.27. The summed E-state index contributed by atoms with van der Waals surface area (Å²) in [6.45, 7) is 14.4. The minimum absolute atomic E-state index is 0.0991. The van der Waals surface area contributed by atoms with Crippen molar-refractivity contribution < 1.29 is 9.47 Å². The van der Waals surface area contributed by atoms with E-state index in [4.69, 9.17) is 9.47 Å². The molecular weight excluding hydrogens is 274 g/mol. The second kappa shape index (κ2) is 5.10. The second-order valence-electron chi connectivity index (χ2n) is 7.90. The lowest BCUT2D eigenvalue weighted by Crippen LogP contribution is -2.26. The van der Waals surface area contributed by atoms with Crippen LogP contribution in [0.1, 0.15) is 45.9 Å². The molecule has 3 nitrogen and oxygen atoms in total. The number of fused-ring (bicyclic) bond motifs is 1. The van der Waals surface area contributed by atoms with Gasteiger partial charge in [-0.05, 0) is 39.0 Å². The van der Waals surface area contributed by atoms with Crippen molar-refractivity contribution >= 4 is 10.9 Å². The molecule has 1 aromatic carbocycles. The Morgan fingerprint density at radius 1 is 1.23 bits per heavy atom. The first-order chi connectivity index (χ1) is 10.2. The average Bonchev–Trinajstić information content (AvgIpc) is 2.90. The third-order valence-electron chi connectivity index (χ3n) is 4.28. The molecule has 1 aliphatic heterocycles. The Morgan fingerprint density at radius 3 is 2.55 bits per heavy atom. The number of aromatic nitrogens is 1. The summed E-state index contributed by atoms with van der Waals surface area (Å²) in [5.41, 5.74) is 4.03. The first kappa shape index (κ1) is 15.6. The summed E-state index contributed by atoms with van der Waals surface area (Å²) in [4.78, 5) is 0. The summed E-state index contributed by atoms with van der Waals surface area (Å²) in [6.07, 6.45) is 0.105. The molecule has 0 radical (unpaired) electrons.